The number of nitrogens with zero attached hydrogens (tertiary/aromatic N) is 2. The Hall–Kier alpha value is -4.09. The molecule has 4 aromatic rings. The number of para-hydroxylation sites is 1. The van der Waals surface area contributed by atoms with Crippen molar-refractivity contribution in [3.63, 3.8) is 0 Å². The van der Waals surface area contributed by atoms with Gasteiger partial charge in [-0.2, -0.15) is 5.10 Å². The van der Waals surface area contributed by atoms with Gasteiger partial charge in [-0.25, -0.2) is 9.07 Å². The lowest BCUT2D eigenvalue weighted by molar-refractivity contribution is -0.00450. The van der Waals surface area contributed by atoms with Crippen LogP contribution in [0.5, 0.6) is 5.75 Å². The van der Waals surface area contributed by atoms with Gasteiger partial charge in [0, 0.05) is 24.1 Å². The molecule has 0 saturated carbocycles. The molecule has 3 aromatic carbocycles. The first-order valence-electron chi connectivity index (χ1n) is 14.4. The number of rotatable bonds is 19. The highest BCUT2D eigenvalue weighted by molar-refractivity contribution is 6.08. The van der Waals surface area contributed by atoms with Crippen molar-refractivity contribution >= 4 is 11.6 Å². The average Bonchev–Trinajstić information content (AvgIpc) is 3.49. The van der Waals surface area contributed by atoms with E-state index in [0.29, 0.717) is 81.1 Å². The van der Waals surface area contributed by atoms with E-state index in [0.717, 1.165) is 18.7 Å². The summed E-state index contributed by atoms with van der Waals surface area (Å²) >= 11 is 0. The number of amides is 1. The van der Waals surface area contributed by atoms with E-state index in [2.05, 4.69) is 17.3 Å². The van der Waals surface area contributed by atoms with E-state index in [1.54, 1.807) is 47.3 Å². The lowest BCUT2D eigenvalue weighted by Gasteiger charge is -2.09. The number of carbonyl (C=O) groups excluding carboxylic acids is 1. The van der Waals surface area contributed by atoms with E-state index >= 15 is 0 Å². The second-order valence-electron chi connectivity index (χ2n) is 9.45. The molecule has 1 N–H and O–H groups in total. The summed E-state index contributed by atoms with van der Waals surface area (Å²) in [6, 6.07) is 22.5. The quantitative estimate of drug-likeness (QED) is 0.138. The molecular weight excluding hydrogens is 553 g/mol. The van der Waals surface area contributed by atoms with Crippen molar-refractivity contribution in [1.82, 2.24) is 9.78 Å². The summed E-state index contributed by atoms with van der Waals surface area (Å²) in [5, 5.41) is 7.55. The molecule has 4 rings (SSSR count). The summed E-state index contributed by atoms with van der Waals surface area (Å²) in [7, 11) is 0. The molecule has 43 heavy (non-hydrogen) atoms. The van der Waals surface area contributed by atoms with Crippen LogP contribution >= 0.6 is 0 Å². The van der Waals surface area contributed by atoms with Gasteiger partial charge in [-0.05, 0) is 67.1 Å². The first-order chi connectivity index (χ1) is 21.1. The van der Waals surface area contributed by atoms with Gasteiger partial charge >= 0.3 is 0 Å². The topological polar surface area (TPSA) is 93.1 Å². The minimum atomic E-state index is -0.360. The van der Waals surface area contributed by atoms with E-state index in [-0.39, 0.29) is 11.7 Å². The lowest BCUT2D eigenvalue weighted by Crippen LogP contribution is -2.14. The predicted octanol–water partition coefficient (Wildman–Crippen LogP) is 5.79. The van der Waals surface area contributed by atoms with Crippen LogP contribution in [0.1, 0.15) is 23.7 Å². The molecule has 9 nitrogen and oxygen atoms in total. The number of hydrogen-bond donors (Lipinski definition) is 1. The number of hydrogen-bond acceptors (Lipinski definition) is 7. The van der Waals surface area contributed by atoms with Crippen LogP contribution in [-0.4, -0.2) is 75.1 Å². The Kier molecular flexibility index (Phi) is 13.2. The largest absolute Gasteiger partial charge is 0.491 e. The van der Waals surface area contributed by atoms with Gasteiger partial charge in [0.25, 0.3) is 5.91 Å². The number of anilines is 1. The molecule has 0 radical (unpaired) electrons. The zero-order valence-electron chi connectivity index (χ0n) is 24.4. The molecule has 10 heteroatoms. The van der Waals surface area contributed by atoms with E-state index in [1.807, 2.05) is 30.3 Å². The fourth-order valence-corrected chi connectivity index (χ4v) is 4.03. The van der Waals surface area contributed by atoms with E-state index in [4.69, 9.17) is 23.7 Å². The zero-order valence-corrected chi connectivity index (χ0v) is 24.4. The summed E-state index contributed by atoms with van der Waals surface area (Å²) < 4.78 is 42.7. The van der Waals surface area contributed by atoms with Gasteiger partial charge in [0.1, 0.15) is 23.9 Å². The van der Waals surface area contributed by atoms with Crippen molar-refractivity contribution in [2.24, 2.45) is 0 Å². The Morgan fingerprint density at radius 3 is 1.93 bits per heavy atom. The van der Waals surface area contributed by atoms with Crippen LogP contribution in [0.25, 0.3) is 16.9 Å². The first-order valence-corrected chi connectivity index (χ1v) is 14.4. The predicted molar refractivity (Wildman–Crippen MR) is 162 cm³/mol. The monoisotopic (exact) mass is 591 g/mol. The minimum Gasteiger partial charge on any atom is -0.491 e. The van der Waals surface area contributed by atoms with Crippen LogP contribution in [0.4, 0.5) is 10.1 Å². The van der Waals surface area contributed by atoms with Crippen LogP contribution in [0.15, 0.2) is 85.1 Å². The molecule has 0 aliphatic carbocycles. The maximum absolute atomic E-state index is 13.5. The van der Waals surface area contributed by atoms with Crippen molar-refractivity contribution in [3.8, 4) is 22.7 Å². The average molecular weight is 592 g/mol. The summed E-state index contributed by atoms with van der Waals surface area (Å²) in [5.41, 5.74) is 2.85. The summed E-state index contributed by atoms with van der Waals surface area (Å²) in [4.78, 5) is 13.3. The van der Waals surface area contributed by atoms with Crippen LogP contribution in [-0.2, 0) is 18.9 Å². The second kappa shape index (κ2) is 17.8. The SMILES string of the molecule is CCCOCCOCCOCCOCCOc1ccc(NC(=O)c2cn(-c3ccccc3)nc2-c2ccc(F)cc2)cc1. The van der Waals surface area contributed by atoms with Gasteiger partial charge in [0.05, 0.1) is 57.5 Å². The first kappa shape index (κ1) is 31.8. The third-order valence-electron chi connectivity index (χ3n) is 6.17. The van der Waals surface area contributed by atoms with Crippen LogP contribution in [0, 0.1) is 5.82 Å². The third-order valence-corrected chi connectivity index (χ3v) is 6.17. The fourth-order valence-electron chi connectivity index (χ4n) is 4.03. The van der Waals surface area contributed by atoms with E-state index in [9.17, 15) is 9.18 Å². The summed E-state index contributed by atoms with van der Waals surface area (Å²) in [5.74, 6) is -0.0403. The number of nitrogens with one attached hydrogen (secondary N) is 1. The zero-order chi connectivity index (χ0) is 30.1. The van der Waals surface area contributed by atoms with E-state index < -0.39 is 0 Å². The molecule has 0 fully saturated rings. The molecule has 0 aliphatic rings. The van der Waals surface area contributed by atoms with E-state index in [1.165, 1.54) is 12.1 Å². The smallest absolute Gasteiger partial charge is 0.259 e. The molecule has 1 aromatic heterocycles. The van der Waals surface area contributed by atoms with Crippen molar-refractivity contribution in [2.45, 2.75) is 13.3 Å². The Morgan fingerprint density at radius 1 is 0.744 bits per heavy atom. The highest BCUT2D eigenvalue weighted by Crippen LogP contribution is 2.25. The molecule has 0 spiro atoms. The lowest BCUT2D eigenvalue weighted by atomic mass is 10.1. The Morgan fingerprint density at radius 2 is 1.33 bits per heavy atom. The maximum atomic E-state index is 13.5. The molecule has 0 unspecified atom stereocenters. The summed E-state index contributed by atoms with van der Waals surface area (Å²) in [6.07, 6.45) is 2.68. The molecule has 0 saturated heterocycles. The van der Waals surface area contributed by atoms with Crippen molar-refractivity contribution in [2.75, 3.05) is 64.8 Å². The van der Waals surface area contributed by atoms with Crippen LogP contribution in [0.2, 0.25) is 0 Å². The molecule has 1 heterocycles. The van der Waals surface area contributed by atoms with Crippen molar-refractivity contribution < 1.29 is 32.9 Å². The number of carbonyl (C=O) groups is 1. The number of aromatic nitrogens is 2. The third kappa shape index (κ3) is 10.6. The van der Waals surface area contributed by atoms with Crippen LogP contribution in [0.3, 0.4) is 0 Å². The highest BCUT2D eigenvalue weighted by atomic mass is 19.1. The van der Waals surface area contributed by atoms with Crippen LogP contribution < -0.4 is 10.1 Å². The second-order valence-corrected chi connectivity index (χ2v) is 9.45. The van der Waals surface area contributed by atoms with Gasteiger partial charge in [0.15, 0.2) is 0 Å². The molecule has 0 bridgehead atoms. The summed E-state index contributed by atoms with van der Waals surface area (Å²) in [6.45, 7) is 6.81. The fraction of sp³-hybridized carbons (Fsp3) is 0.333. The number of ether oxygens (including phenoxy) is 5. The van der Waals surface area contributed by atoms with Gasteiger partial charge in [-0.3, -0.25) is 4.79 Å². The standard InChI is InChI=1S/C33H38FN3O6/c1-2-16-39-17-18-40-19-20-41-21-22-42-23-24-43-30-14-12-28(13-15-30)35-33(38)31-25-37(29-6-4-3-5-7-29)36-32(31)26-8-10-27(34)11-9-26/h3-15,25H,2,16-24H2,1H3,(H,35,38). The molecular formula is C33H38FN3O6. The Labute approximate surface area is 251 Å². The van der Waals surface area contributed by atoms with Crippen molar-refractivity contribution in [1.29, 1.82) is 0 Å². The Bertz CT molecular complexity index is 1360. The maximum Gasteiger partial charge on any atom is 0.259 e. The Balaban J connectivity index is 1.20. The normalized spacial score (nSPS) is 11.0. The molecule has 1 amide bonds. The molecule has 228 valence electrons. The number of halogens is 1. The highest BCUT2D eigenvalue weighted by Gasteiger charge is 2.19. The van der Waals surface area contributed by atoms with Gasteiger partial charge in [-0.1, -0.05) is 25.1 Å². The van der Waals surface area contributed by atoms with Gasteiger partial charge < -0.3 is 29.0 Å². The molecule has 0 atom stereocenters. The number of benzene rings is 3. The van der Waals surface area contributed by atoms with Gasteiger partial charge in [-0.15, -0.1) is 0 Å². The minimum absolute atomic E-state index is 0.335. The molecule has 0 aliphatic heterocycles. The van der Waals surface area contributed by atoms with Crippen molar-refractivity contribution in [3.05, 3.63) is 96.4 Å². The van der Waals surface area contributed by atoms with Gasteiger partial charge in [0.2, 0.25) is 0 Å².